The summed E-state index contributed by atoms with van der Waals surface area (Å²) in [6.45, 7) is 10.7. The Kier molecular flexibility index (Phi) is 9.43. The van der Waals surface area contributed by atoms with Crippen molar-refractivity contribution < 1.29 is 27.1 Å². The van der Waals surface area contributed by atoms with Crippen molar-refractivity contribution in [3.8, 4) is 0 Å². The average Bonchev–Trinajstić information content (AvgIpc) is 2.92. The van der Waals surface area contributed by atoms with Gasteiger partial charge in [0.25, 0.3) is 0 Å². The highest BCUT2D eigenvalue weighted by Crippen LogP contribution is 2.41. The maximum atomic E-state index is 13.4. The van der Waals surface area contributed by atoms with Crippen LogP contribution < -0.4 is 14.9 Å². The SMILES string of the molecule is CC(C)COC(=O)N1CCC(C)(C)c2ccc(S(=O)(=O)NC3CCC(C(=O)N[C@H](C)c4ccc(F)cc4)CC3)cc21. The van der Waals surface area contributed by atoms with Crippen molar-refractivity contribution in [3.05, 3.63) is 59.4 Å². The third kappa shape index (κ3) is 7.46. The molecule has 1 atom stereocenters. The van der Waals surface area contributed by atoms with Crippen molar-refractivity contribution in [1.82, 2.24) is 10.0 Å². The van der Waals surface area contributed by atoms with Crippen molar-refractivity contribution in [2.75, 3.05) is 18.1 Å². The van der Waals surface area contributed by atoms with Gasteiger partial charge in [-0.2, -0.15) is 0 Å². The van der Waals surface area contributed by atoms with Crippen LogP contribution in [0.15, 0.2) is 47.4 Å². The van der Waals surface area contributed by atoms with Gasteiger partial charge in [0.15, 0.2) is 0 Å². The second-order valence-electron chi connectivity index (χ2n) is 12.4. The fraction of sp³-hybridized carbons (Fsp3) is 0.548. The lowest BCUT2D eigenvalue weighted by molar-refractivity contribution is -0.126. The standard InChI is InChI=1S/C31H42FN3O5S/c1-20(2)19-40-30(37)35-17-16-31(4,5)27-15-14-26(18-28(27)35)41(38,39)34-25-12-8-23(9-13-25)29(36)33-21(3)22-6-10-24(32)11-7-22/h6-7,10-11,14-15,18,20-21,23,25,34H,8-9,12-13,16-17,19H2,1-5H3,(H,33,36)/t21-,23?,25?/m1/s1. The van der Waals surface area contributed by atoms with Gasteiger partial charge in [-0.25, -0.2) is 22.3 Å². The number of halogens is 1. The molecular formula is C31H42FN3O5S. The van der Waals surface area contributed by atoms with E-state index in [1.54, 1.807) is 35.2 Å². The zero-order valence-corrected chi connectivity index (χ0v) is 25.4. The van der Waals surface area contributed by atoms with E-state index in [4.69, 9.17) is 4.74 Å². The molecule has 10 heteroatoms. The molecule has 224 valence electrons. The number of amides is 2. The molecule has 1 aliphatic carbocycles. The number of carbonyl (C=O) groups is 2. The summed E-state index contributed by atoms with van der Waals surface area (Å²) < 4.78 is 48.4. The summed E-state index contributed by atoms with van der Waals surface area (Å²) in [4.78, 5) is 27.4. The number of hydrogen-bond donors (Lipinski definition) is 2. The van der Waals surface area contributed by atoms with E-state index in [2.05, 4.69) is 23.9 Å². The molecule has 1 aliphatic heterocycles. The van der Waals surface area contributed by atoms with Crippen LogP contribution in [0, 0.1) is 17.7 Å². The van der Waals surface area contributed by atoms with Gasteiger partial charge >= 0.3 is 6.09 Å². The molecule has 2 N–H and O–H groups in total. The van der Waals surface area contributed by atoms with E-state index >= 15 is 0 Å². The van der Waals surface area contributed by atoms with Crippen LogP contribution >= 0.6 is 0 Å². The van der Waals surface area contributed by atoms with Crippen LogP contribution in [0.3, 0.4) is 0 Å². The minimum absolute atomic E-state index is 0.0788. The van der Waals surface area contributed by atoms with Gasteiger partial charge in [0.2, 0.25) is 15.9 Å². The van der Waals surface area contributed by atoms with Crippen LogP contribution in [-0.2, 0) is 25.0 Å². The number of anilines is 1. The minimum Gasteiger partial charge on any atom is -0.449 e. The molecule has 0 unspecified atom stereocenters. The number of nitrogens with one attached hydrogen (secondary N) is 2. The Morgan fingerprint density at radius 3 is 2.34 bits per heavy atom. The molecule has 0 saturated heterocycles. The van der Waals surface area contributed by atoms with E-state index in [0.29, 0.717) is 44.5 Å². The predicted molar refractivity (Wildman–Crippen MR) is 157 cm³/mol. The third-order valence-corrected chi connectivity index (χ3v) is 9.69. The Bertz CT molecular complexity index is 1350. The highest BCUT2D eigenvalue weighted by atomic mass is 32.2. The fourth-order valence-corrected chi connectivity index (χ4v) is 6.88. The van der Waals surface area contributed by atoms with Crippen LogP contribution in [0.5, 0.6) is 0 Å². The molecule has 8 nitrogen and oxygen atoms in total. The summed E-state index contributed by atoms with van der Waals surface area (Å²) >= 11 is 0. The molecule has 0 bridgehead atoms. The molecule has 1 fully saturated rings. The molecule has 1 heterocycles. The van der Waals surface area contributed by atoms with E-state index < -0.39 is 16.1 Å². The molecule has 0 aromatic heterocycles. The van der Waals surface area contributed by atoms with Gasteiger partial charge in [-0.1, -0.05) is 45.9 Å². The number of ether oxygens (including phenoxy) is 1. The molecule has 2 aromatic carbocycles. The summed E-state index contributed by atoms with van der Waals surface area (Å²) in [6.07, 6.45) is 2.46. The van der Waals surface area contributed by atoms with Gasteiger partial charge < -0.3 is 10.1 Å². The number of nitrogens with zero attached hydrogens (tertiary/aromatic N) is 1. The number of fused-ring (bicyclic) bond motifs is 1. The topological polar surface area (TPSA) is 105 Å². The minimum atomic E-state index is -3.86. The maximum Gasteiger partial charge on any atom is 0.414 e. The summed E-state index contributed by atoms with van der Waals surface area (Å²) in [7, 11) is -3.86. The lowest BCUT2D eigenvalue weighted by Crippen LogP contribution is -2.42. The van der Waals surface area contributed by atoms with Crippen molar-refractivity contribution in [3.63, 3.8) is 0 Å². The highest BCUT2D eigenvalue weighted by molar-refractivity contribution is 7.89. The molecule has 0 radical (unpaired) electrons. The van der Waals surface area contributed by atoms with Crippen molar-refractivity contribution >= 4 is 27.7 Å². The van der Waals surface area contributed by atoms with Gasteiger partial charge in [0.1, 0.15) is 5.82 Å². The maximum absolute atomic E-state index is 13.4. The molecule has 4 rings (SSSR count). The van der Waals surface area contributed by atoms with Crippen LogP contribution in [-0.4, -0.2) is 39.6 Å². The first-order chi connectivity index (χ1) is 19.3. The van der Waals surface area contributed by atoms with Crippen molar-refractivity contribution in [2.45, 2.75) is 89.1 Å². The number of sulfonamides is 1. The Labute approximate surface area is 243 Å². The van der Waals surface area contributed by atoms with Crippen molar-refractivity contribution in [2.24, 2.45) is 11.8 Å². The molecular weight excluding hydrogens is 545 g/mol. The number of rotatable bonds is 8. The smallest absolute Gasteiger partial charge is 0.414 e. The van der Waals surface area contributed by atoms with E-state index in [-0.39, 0.29) is 46.0 Å². The zero-order valence-electron chi connectivity index (χ0n) is 24.6. The number of benzene rings is 2. The Balaban J connectivity index is 1.40. The van der Waals surface area contributed by atoms with Crippen molar-refractivity contribution in [1.29, 1.82) is 0 Å². The Morgan fingerprint density at radius 2 is 1.71 bits per heavy atom. The first-order valence-corrected chi connectivity index (χ1v) is 15.9. The predicted octanol–water partition coefficient (Wildman–Crippen LogP) is 5.82. The summed E-state index contributed by atoms with van der Waals surface area (Å²) in [5, 5.41) is 3.00. The van der Waals surface area contributed by atoms with E-state index in [1.807, 2.05) is 20.8 Å². The van der Waals surface area contributed by atoms with Crippen LogP contribution in [0.25, 0.3) is 0 Å². The quantitative estimate of drug-likeness (QED) is 0.405. The van der Waals surface area contributed by atoms with E-state index in [9.17, 15) is 22.4 Å². The third-order valence-electron chi connectivity index (χ3n) is 8.17. The van der Waals surface area contributed by atoms with Gasteiger partial charge in [0.05, 0.1) is 23.2 Å². The van der Waals surface area contributed by atoms with Crippen LogP contribution in [0.1, 0.15) is 83.9 Å². The molecule has 1 saturated carbocycles. The summed E-state index contributed by atoms with van der Waals surface area (Å²) in [6, 6.07) is 10.5. The summed E-state index contributed by atoms with van der Waals surface area (Å²) in [5.41, 5.74) is 2.08. The first kappa shape index (κ1) is 31.0. The lowest BCUT2D eigenvalue weighted by atomic mass is 9.78. The molecule has 2 aliphatic rings. The van der Waals surface area contributed by atoms with Gasteiger partial charge in [-0.15, -0.1) is 0 Å². The highest BCUT2D eigenvalue weighted by Gasteiger charge is 2.36. The molecule has 0 spiro atoms. The summed E-state index contributed by atoms with van der Waals surface area (Å²) in [5.74, 6) is -0.427. The van der Waals surface area contributed by atoms with E-state index in [0.717, 1.165) is 17.5 Å². The van der Waals surface area contributed by atoms with Gasteiger partial charge in [0, 0.05) is 18.5 Å². The largest absolute Gasteiger partial charge is 0.449 e. The molecule has 2 amide bonds. The Morgan fingerprint density at radius 1 is 1.05 bits per heavy atom. The first-order valence-electron chi connectivity index (χ1n) is 14.4. The molecule has 41 heavy (non-hydrogen) atoms. The zero-order chi connectivity index (χ0) is 29.9. The lowest BCUT2D eigenvalue weighted by Gasteiger charge is -2.38. The second kappa shape index (κ2) is 12.5. The van der Waals surface area contributed by atoms with Crippen LogP contribution in [0.4, 0.5) is 14.9 Å². The second-order valence-corrected chi connectivity index (χ2v) is 14.1. The number of carbonyl (C=O) groups excluding carboxylic acids is 2. The van der Waals surface area contributed by atoms with Gasteiger partial charge in [-0.05, 0) is 85.8 Å². The number of hydrogen-bond acceptors (Lipinski definition) is 5. The average molecular weight is 588 g/mol. The van der Waals surface area contributed by atoms with Gasteiger partial charge in [-0.3, -0.25) is 9.69 Å². The van der Waals surface area contributed by atoms with E-state index in [1.165, 1.54) is 12.1 Å². The fourth-order valence-electron chi connectivity index (χ4n) is 5.55. The Hall–Kier alpha value is -2.98. The van der Waals surface area contributed by atoms with Crippen LogP contribution in [0.2, 0.25) is 0 Å². The normalized spacial score (nSPS) is 21.2. The molecule has 2 aromatic rings. The monoisotopic (exact) mass is 587 g/mol.